The Bertz CT molecular complexity index is 447. The molecule has 100 valence electrons. The van der Waals surface area contributed by atoms with Gasteiger partial charge in [-0.15, -0.1) is 0 Å². The fourth-order valence-corrected chi connectivity index (χ4v) is 2.22. The van der Waals surface area contributed by atoms with Crippen LogP contribution in [0.2, 0.25) is 0 Å². The molecule has 0 amide bonds. The Morgan fingerprint density at radius 2 is 1.94 bits per heavy atom. The van der Waals surface area contributed by atoms with Crippen molar-refractivity contribution in [3.8, 4) is 5.75 Å². The van der Waals surface area contributed by atoms with Crippen molar-refractivity contribution >= 4 is 21.9 Å². The van der Waals surface area contributed by atoms with E-state index in [2.05, 4.69) is 36.7 Å². The summed E-state index contributed by atoms with van der Waals surface area (Å²) in [6.07, 6.45) is 0. The quantitative estimate of drug-likeness (QED) is 0.793. The molecule has 3 nitrogen and oxygen atoms in total. The molecule has 0 N–H and O–H groups in total. The zero-order valence-corrected chi connectivity index (χ0v) is 13.1. The molecular formula is C14H19BrO3. The summed E-state index contributed by atoms with van der Waals surface area (Å²) >= 11 is 3.44. The molecule has 0 atom stereocenters. The number of ether oxygens (including phenoxy) is 2. The van der Waals surface area contributed by atoms with E-state index in [1.54, 1.807) is 14.0 Å². The third-order valence-electron chi connectivity index (χ3n) is 2.61. The van der Waals surface area contributed by atoms with Crippen molar-refractivity contribution in [2.24, 2.45) is 0 Å². The van der Waals surface area contributed by atoms with E-state index >= 15 is 0 Å². The highest BCUT2D eigenvalue weighted by atomic mass is 79.9. The number of carbonyl (C=O) groups is 1. The van der Waals surface area contributed by atoms with E-state index in [9.17, 15) is 4.79 Å². The lowest BCUT2D eigenvalue weighted by molar-refractivity contribution is 0.0522. The van der Waals surface area contributed by atoms with Gasteiger partial charge in [0.05, 0.1) is 18.2 Å². The van der Waals surface area contributed by atoms with Crippen LogP contribution in [0.4, 0.5) is 0 Å². The zero-order chi connectivity index (χ0) is 13.9. The smallest absolute Gasteiger partial charge is 0.341 e. The van der Waals surface area contributed by atoms with Gasteiger partial charge in [-0.05, 0) is 46.0 Å². The molecule has 0 fully saturated rings. The monoisotopic (exact) mass is 314 g/mol. The van der Waals surface area contributed by atoms with Gasteiger partial charge in [0.25, 0.3) is 0 Å². The van der Waals surface area contributed by atoms with Gasteiger partial charge in [-0.2, -0.15) is 0 Å². The summed E-state index contributed by atoms with van der Waals surface area (Å²) in [7, 11) is 1.54. The minimum absolute atomic E-state index is 0.0456. The van der Waals surface area contributed by atoms with E-state index in [1.165, 1.54) is 0 Å². The second kappa shape index (κ2) is 5.74. The Morgan fingerprint density at radius 1 is 1.33 bits per heavy atom. The van der Waals surface area contributed by atoms with Gasteiger partial charge in [0.15, 0.2) is 0 Å². The Balaban J connectivity index is 3.37. The van der Waals surface area contributed by atoms with Gasteiger partial charge in [0, 0.05) is 0 Å². The van der Waals surface area contributed by atoms with Crippen molar-refractivity contribution < 1.29 is 14.3 Å². The van der Waals surface area contributed by atoms with Crippen LogP contribution in [-0.4, -0.2) is 19.7 Å². The van der Waals surface area contributed by atoms with E-state index in [0.29, 0.717) is 17.9 Å². The average Bonchev–Trinajstić information content (AvgIpc) is 2.27. The molecule has 0 aliphatic rings. The van der Waals surface area contributed by atoms with Gasteiger partial charge in [-0.25, -0.2) is 4.79 Å². The van der Waals surface area contributed by atoms with Gasteiger partial charge < -0.3 is 9.47 Å². The molecule has 0 bridgehead atoms. The SMILES string of the molecule is CCOC(=O)c1cc(C(C)(C)C)cc(Br)c1OC. The number of hydrogen-bond acceptors (Lipinski definition) is 3. The fourth-order valence-electron chi connectivity index (χ4n) is 1.59. The van der Waals surface area contributed by atoms with Crippen molar-refractivity contribution in [1.82, 2.24) is 0 Å². The number of esters is 1. The van der Waals surface area contributed by atoms with Gasteiger partial charge in [-0.3, -0.25) is 0 Å². The molecule has 0 radical (unpaired) electrons. The molecule has 0 unspecified atom stereocenters. The minimum Gasteiger partial charge on any atom is -0.495 e. The van der Waals surface area contributed by atoms with Crippen molar-refractivity contribution in [2.45, 2.75) is 33.1 Å². The summed E-state index contributed by atoms with van der Waals surface area (Å²) in [5.74, 6) is 0.155. The van der Waals surface area contributed by atoms with Crippen LogP contribution in [-0.2, 0) is 10.2 Å². The summed E-state index contributed by atoms with van der Waals surface area (Å²) in [6, 6.07) is 3.81. The maximum atomic E-state index is 11.9. The lowest BCUT2D eigenvalue weighted by Crippen LogP contribution is -2.14. The molecule has 18 heavy (non-hydrogen) atoms. The zero-order valence-electron chi connectivity index (χ0n) is 11.5. The van der Waals surface area contributed by atoms with Crippen LogP contribution in [0, 0.1) is 0 Å². The van der Waals surface area contributed by atoms with Gasteiger partial charge in [0.2, 0.25) is 0 Å². The standard InChI is InChI=1S/C14H19BrO3/c1-6-18-13(16)10-7-9(14(2,3)4)8-11(15)12(10)17-5/h7-8H,6H2,1-5H3. The molecule has 4 heteroatoms. The summed E-state index contributed by atoms with van der Waals surface area (Å²) < 4.78 is 11.1. The van der Waals surface area contributed by atoms with Gasteiger partial charge >= 0.3 is 5.97 Å². The molecule has 0 spiro atoms. The Kier molecular flexibility index (Phi) is 4.79. The van der Waals surface area contributed by atoms with Crippen molar-refractivity contribution in [1.29, 1.82) is 0 Å². The molecule has 0 saturated carbocycles. The summed E-state index contributed by atoms with van der Waals surface area (Å²) in [5.41, 5.74) is 1.47. The number of hydrogen-bond donors (Lipinski definition) is 0. The normalized spacial score (nSPS) is 11.2. The summed E-state index contributed by atoms with van der Waals surface area (Å²) in [5, 5.41) is 0. The van der Waals surface area contributed by atoms with E-state index < -0.39 is 0 Å². The Morgan fingerprint density at radius 3 is 2.39 bits per heavy atom. The van der Waals surface area contributed by atoms with E-state index in [4.69, 9.17) is 9.47 Å². The summed E-state index contributed by atoms with van der Waals surface area (Å²) in [4.78, 5) is 11.9. The first-order valence-corrected chi connectivity index (χ1v) is 6.65. The molecule has 1 rings (SSSR count). The molecule has 0 aromatic heterocycles. The highest BCUT2D eigenvalue weighted by Crippen LogP contribution is 2.35. The van der Waals surface area contributed by atoms with E-state index in [1.807, 2.05) is 12.1 Å². The molecule has 1 aromatic rings. The minimum atomic E-state index is -0.360. The van der Waals surface area contributed by atoms with Crippen LogP contribution >= 0.6 is 15.9 Å². The van der Waals surface area contributed by atoms with Crippen LogP contribution in [0.1, 0.15) is 43.6 Å². The predicted octanol–water partition coefficient (Wildman–Crippen LogP) is 3.93. The van der Waals surface area contributed by atoms with Crippen molar-refractivity contribution in [3.05, 3.63) is 27.7 Å². The maximum Gasteiger partial charge on any atom is 0.341 e. The first kappa shape index (κ1) is 15.0. The van der Waals surface area contributed by atoms with Crippen LogP contribution in [0.25, 0.3) is 0 Å². The highest BCUT2D eigenvalue weighted by molar-refractivity contribution is 9.10. The number of rotatable bonds is 3. The third kappa shape index (κ3) is 3.25. The third-order valence-corrected chi connectivity index (χ3v) is 3.20. The number of benzene rings is 1. The second-order valence-electron chi connectivity index (χ2n) is 5.01. The first-order valence-electron chi connectivity index (χ1n) is 5.86. The van der Waals surface area contributed by atoms with E-state index in [0.717, 1.165) is 10.0 Å². The maximum absolute atomic E-state index is 11.9. The van der Waals surface area contributed by atoms with Crippen LogP contribution in [0.5, 0.6) is 5.75 Å². The predicted molar refractivity (Wildman–Crippen MR) is 75.4 cm³/mol. The first-order chi connectivity index (χ1) is 8.31. The molecular weight excluding hydrogens is 296 g/mol. The molecule has 0 heterocycles. The van der Waals surface area contributed by atoms with Crippen molar-refractivity contribution in [3.63, 3.8) is 0 Å². The van der Waals surface area contributed by atoms with Gasteiger partial charge in [-0.1, -0.05) is 20.8 Å². The van der Waals surface area contributed by atoms with E-state index in [-0.39, 0.29) is 11.4 Å². The molecule has 0 saturated heterocycles. The lowest BCUT2D eigenvalue weighted by atomic mass is 9.86. The Hall–Kier alpha value is -1.03. The van der Waals surface area contributed by atoms with Gasteiger partial charge in [0.1, 0.15) is 11.3 Å². The lowest BCUT2D eigenvalue weighted by Gasteiger charge is -2.21. The highest BCUT2D eigenvalue weighted by Gasteiger charge is 2.22. The number of carbonyl (C=O) groups excluding carboxylic acids is 1. The largest absolute Gasteiger partial charge is 0.495 e. The molecule has 1 aromatic carbocycles. The van der Waals surface area contributed by atoms with Crippen LogP contribution in [0.15, 0.2) is 16.6 Å². The molecule has 0 aliphatic heterocycles. The summed E-state index contributed by atoms with van der Waals surface area (Å²) in [6.45, 7) is 8.41. The topological polar surface area (TPSA) is 35.5 Å². The second-order valence-corrected chi connectivity index (χ2v) is 5.86. The Labute approximate surface area is 117 Å². The van der Waals surface area contributed by atoms with Crippen molar-refractivity contribution in [2.75, 3.05) is 13.7 Å². The fraction of sp³-hybridized carbons (Fsp3) is 0.500. The number of methoxy groups -OCH3 is 1. The van der Waals surface area contributed by atoms with Crippen LogP contribution < -0.4 is 4.74 Å². The average molecular weight is 315 g/mol. The molecule has 0 aliphatic carbocycles. The van der Waals surface area contributed by atoms with Crippen LogP contribution in [0.3, 0.4) is 0 Å². The number of halogens is 1.